The number of rotatable bonds is 6. The van der Waals surface area contributed by atoms with Crippen LogP contribution in [-0.4, -0.2) is 7.11 Å². The van der Waals surface area contributed by atoms with Gasteiger partial charge in [0.15, 0.2) is 0 Å². The number of hydrogen-bond acceptors (Lipinski definition) is 3. The standard InChI is InChI=1S/C24H30O3/c1-8-20(26-7)14-23-17(6)12-22(24(25)27-23)21-10-9-18(16(4)5)13-19(21)11-15(2)3/h8-10,12-16H,6,11H2,1-5,7H3/b20-8+,23-14+. The Balaban J connectivity index is 2.67. The molecule has 2 aromatic rings. The first-order chi connectivity index (χ1) is 12.8. The molecule has 27 heavy (non-hydrogen) atoms. The molecule has 1 aromatic carbocycles. The van der Waals surface area contributed by atoms with Crippen molar-refractivity contribution in [3.63, 3.8) is 0 Å². The maximum atomic E-state index is 12.7. The maximum Gasteiger partial charge on any atom is 0.344 e. The monoisotopic (exact) mass is 366 g/mol. The highest BCUT2D eigenvalue weighted by atomic mass is 16.5. The minimum absolute atomic E-state index is 0.359. The van der Waals surface area contributed by atoms with Crippen LogP contribution in [0.3, 0.4) is 0 Å². The van der Waals surface area contributed by atoms with E-state index in [2.05, 4.69) is 46.4 Å². The van der Waals surface area contributed by atoms with Gasteiger partial charge in [-0.2, -0.15) is 0 Å². The summed E-state index contributed by atoms with van der Waals surface area (Å²) in [6, 6.07) is 8.16. The van der Waals surface area contributed by atoms with Gasteiger partial charge in [0, 0.05) is 11.3 Å². The Bertz CT molecular complexity index is 991. The smallest absolute Gasteiger partial charge is 0.344 e. The summed E-state index contributed by atoms with van der Waals surface area (Å²) in [6.07, 6.45) is 4.39. The predicted octanol–water partition coefficient (Wildman–Crippen LogP) is 4.37. The van der Waals surface area contributed by atoms with Crippen molar-refractivity contribution in [2.75, 3.05) is 7.11 Å². The third-order valence-electron chi connectivity index (χ3n) is 4.57. The molecule has 0 aliphatic carbocycles. The zero-order chi connectivity index (χ0) is 20.1. The van der Waals surface area contributed by atoms with Gasteiger partial charge in [-0.3, -0.25) is 0 Å². The summed E-state index contributed by atoms with van der Waals surface area (Å²) in [7, 11) is 1.58. The second kappa shape index (κ2) is 8.90. The molecule has 0 fully saturated rings. The summed E-state index contributed by atoms with van der Waals surface area (Å²) in [5.41, 5.74) is 3.99. The highest BCUT2D eigenvalue weighted by molar-refractivity contribution is 5.67. The van der Waals surface area contributed by atoms with Gasteiger partial charge < -0.3 is 9.15 Å². The average molecular weight is 367 g/mol. The fraction of sp³-hybridized carbons (Fsp3) is 0.375. The van der Waals surface area contributed by atoms with E-state index in [0.717, 1.165) is 12.0 Å². The van der Waals surface area contributed by atoms with Crippen LogP contribution in [0.4, 0.5) is 0 Å². The van der Waals surface area contributed by atoms with Crippen molar-refractivity contribution in [1.82, 2.24) is 0 Å². The molecule has 0 aliphatic heterocycles. The Hall–Kier alpha value is -2.55. The van der Waals surface area contributed by atoms with Crippen LogP contribution in [0, 0.1) is 5.92 Å². The molecule has 3 nitrogen and oxygen atoms in total. The van der Waals surface area contributed by atoms with Crippen LogP contribution in [0.25, 0.3) is 23.8 Å². The van der Waals surface area contributed by atoms with Crippen molar-refractivity contribution in [1.29, 1.82) is 0 Å². The fourth-order valence-electron chi connectivity index (χ4n) is 3.07. The highest BCUT2D eigenvalue weighted by Crippen LogP contribution is 2.27. The van der Waals surface area contributed by atoms with Crippen molar-refractivity contribution < 1.29 is 9.15 Å². The molecule has 0 N–H and O–H groups in total. The molecule has 144 valence electrons. The SMILES string of the molecule is C=c1cc(-c2ccc(C(C)C)cc2CC(C)C)c(=O)o/c1=C/C(=C\C)OC. The van der Waals surface area contributed by atoms with Gasteiger partial charge in [0.05, 0.1) is 12.7 Å². The van der Waals surface area contributed by atoms with Gasteiger partial charge in [-0.05, 0) is 54.0 Å². The fourth-order valence-corrected chi connectivity index (χ4v) is 3.07. The molecule has 0 amide bonds. The van der Waals surface area contributed by atoms with E-state index in [0.29, 0.717) is 33.8 Å². The van der Waals surface area contributed by atoms with E-state index in [1.165, 1.54) is 11.1 Å². The Morgan fingerprint density at radius 1 is 1.19 bits per heavy atom. The summed E-state index contributed by atoms with van der Waals surface area (Å²) in [4.78, 5) is 12.7. The maximum absolute atomic E-state index is 12.7. The molecule has 0 saturated carbocycles. The molecular formula is C24H30O3. The third-order valence-corrected chi connectivity index (χ3v) is 4.57. The first-order valence-electron chi connectivity index (χ1n) is 9.45. The number of benzene rings is 1. The molecule has 0 radical (unpaired) electrons. The van der Waals surface area contributed by atoms with Gasteiger partial charge in [0.1, 0.15) is 11.2 Å². The first-order valence-corrected chi connectivity index (χ1v) is 9.45. The Labute approximate surface area is 161 Å². The predicted molar refractivity (Wildman–Crippen MR) is 113 cm³/mol. The van der Waals surface area contributed by atoms with Gasteiger partial charge in [-0.1, -0.05) is 52.5 Å². The summed E-state index contributed by atoms with van der Waals surface area (Å²) in [5, 5.41) is 0.657. The average Bonchev–Trinajstić information content (AvgIpc) is 2.61. The van der Waals surface area contributed by atoms with E-state index in [4.69, 9.17) is 9.15 Å². The lowest BCUT2D eigenvalue weighted by molar-refractivity contribution is 0.311. The molecule has 1 heterocycles. The molecule has 0 saturated heterocycles. The minimum atomic E-state index is -0.359. The van der Waals surface area contributed by atoms with Crippen LogP contribution >= 0.6 is 0 Å². The van der Waals surface area contributed by atoms with E-state index >= 15 is 0 Å². The van der Waals surface area contributed by atoms with Crippen molar-refractivity contribution >= 4 is 12.7 Å². The van der Waals surface area contributed by atoms with E-state index in [1.54, 1.807) is 19.3 Å². The number of methoxy groups -OCH3 is 1. The van der Waals surface area contributed by atoms with Crippen LogP contribution < -0.4 is 16.3 Å². The lowest BCUT2D eigenvalue weighted by atomic mass is 9.90. The molecule has 0 unspecified atom stereocenters. The topological polar surface area (TPSA) is 39.4 Å². The second-order valence-corrected chi connectivity index (χ2v) is 7.55. The largest absolute Gasteiger partial charge is 0.497 e. The molecule has 0 bridgehead atoms. The highest BCUT2D eigenvalue weighted by Gasteiger charge is 2.14. The lowest BCUT2D eigenvalue weighted by Crippen LogP contribution is -2.29. The van der Waals surface area contributed by atoms with E-state index in [9.17, 15) is 4.79 Å². The summed E-state index contributed by atoms with van der Waals surface area (Å²) < 4.78 is 10.8. The van der Waals surface area contributed by atoms with Crippen LogP contribution in [-0.2, 0) is 11.2 Å². The lowest BCUT2D eigenvalue weighted by Gasteiger charge is -2.15. The summed E-state index contributed by atoms with van der Waals surface area (Å²) >= 11 is 0. The molecular weight excluding hydrogens is 336 g/mol. The zero-order valence-electron chi connectivity index (χ0n) is 17.3. The normalized spacial score (nSPS) is 12.9. The molecule has 0 atom stereocenters. The number of ether oxygens (including phenoxy) is 1. The molecule has 0 spiro atoms. The van der Waals surface area contributed by atoms with E-state index < -0.39 is 0 Å². The number of allylic oxidation sites excluding steroid dienone is 2. The third kappa shape index (κ3) is 5.00. The van der Waals surface area contributed by atoms with Crippen molar-refractivity contribution in [3.05, 3.63) is 68.3 Å². The van der Waals surface area contributed by atoms with Gasteiger partial charge in [0.25, 0.3) is 0 Å². The van der Waals surface area contributed by atoms with Crippen LogP contribution in [0.15, 0.2) is 45.3 Å². The molecule has 0 aliphatic rings. The molecule has 2 rings (SSSR count). The number of hydrogen-bond donors (Lipinski definition) is 0. The summed E-state index contributed by atoms with van der Waals surface area (Å²) in [5.74, 6) is 1.55. The van der Waals surface area contributed by atoms with Gasteiger partial charge in [-0.25, -0.2) is 4.79 Å². The van der Waals surface area contributed by atoms with Crippen LogP contribution in [0.5, 0.6) is 0 Å². The van der Waals surface area contributed by atoms with Crippen molar-refractivity contribution in [2.24, 2.45) is 5.92 Å². The molecule has 1 aromatic heterocycles. The minimum Gasteiger partial charge on any atom is -0.497 e. The Morgan fingerprint density at radius 3 is 2.44 bits per heavy atom. The Kier molecular flexibility index (Phi) is 6.84. The summed E-state index contributed by atoms with van der Waals surface area (Å²) in [6.45, 7) is 14.6. The van der Waals surface area contributed by atoms with Crippen molar-refractivity contribution in [3.8, 4) is 11.1 Å². The first kappa shape index (κ1) is 20.8. The Morgan fingerprint density at radius 2 is 1.89 bits per heavy atom. The van der Waals surface area contributed by atoms with Crippen LogP contribution in [0.1, 0.15) is 51.7 Å². The van der Waals surface area contributed by atoms with Crippen LogP contribution in [0.2, 0.25) is 0 Å². The van der Waals surface area contributed by atoms with Gasteiger partial charge in [0.2, 0.25) is 0 Å². The van der Waals surface area contributed by atoms with E-state index in [1.807, 2.05) is 19.1 Å². The quantitative estimate of drug-likeness (QED) is 0.713. The molecule has 3 heteroatoms. The van der Waals surface area contributed by atoms with Gasteiger partial charge in [-0.15, -0.1) is 0 Å². The van der Waals surface area contributed by atoms with Gasteiger partial charge >= 0.3 is 5.63 Å². The second-order valence-electron chi connectivity index (χ2n) is 7.55. The van der Waals surface area contributed by atoms with Crippen molar-refractivity contribution in [2.45, 2.75) is 47.0 Å². The van der Waals surface area contributed by atoms with E-state index in [-0.39, 0.29) is 5.63 Å². The zero-order valence-corrected chi connectivity index (χ0v) is 17.3.